The van der Waals surface area contributed by atoms with Gasteiger partial charge in [-0.25, -0.2) is 14.2 Å². The molecule has 2 amide bonds. The van der Waals surface area contributed by atoms with E-state index < -0.39 is 58.2 Å². The molecular formula is C34H34F4N8O5. The van der Waals surface area contributed by atoms with Gasteiger partial charge in [0.05, 0.1) is 24.5 Å². The summed E-state index contributed by atoms with van der Waals surface area (Å²) in [5.74, 6) is -2.21. The van der Waals surface area contributed by atoms with Crippen molar-refractivity contribution in [2.24, 2.45) is 0 Å². The number of hydrogen-bond acceptors (Lipinski definition) is 9. The second-order valence-corrected chi connectivity index (χ2v) is 13.9. The third-order valence-corrected chi connectivity index (χ3v) is 9.46. The molecule has 2 fully saturated rings. The van der Waals surface area contributed by atoms with Crippen LogP contribution in [-0.4, -0.2) is 79.3 Å². The number of nitrogens with zero attached hydrogens (tertiary/aromatic N) is 7. The summed E-state index contributed by atoms with van der Waals surface area (Å²) in [6.45, 7) is 7.82. The van der Waals surface area contributed by atoms with Crippen LogP contribution in [0.3, 0.4) is 0 Å². The lowest BCUT2D eigenvalue weighted by Gasteiger charge is -2.54. The highest BCUT2D eigenvalue weighted by Crippen LogP contribution is 2.45. The summed E-state index contributed by atoms with van der Waals surface area (Å²) in [6.07, 6.45) is -2.24. The van der Waals surface area contributed by atoms with Gasteiger partial charge in [-0.3, -0.25) is 9.59 Å². The van der Waals surface area contributed by atoms with Crippen molar-refractivity contribution < 1.29 is 36.6 Å². The quantitative estimate of drug-likeness (QED) is 0.283. The molecule has 13 nitrogen and oxygen atoms in total. The van der Waals surface area contributed by atoms with E-state index >= 15 is 0 Å². The van der Waals surface area contributed by atoms with Crippen LogP contribution in [0.25, 0.3) is 16.9 Å². The molecule has 7 rings (SSSR count). The van der Waals surface area contributed by atoms with Gasteiger partial charge in [-0.05, 0) is 58.2 Å². The average molecular weight is 711 g/mol. The Morgan fingerprint density at radius 2 is 1.80 bits per heavy atom. The van der Waals surface area contributed by atoms with E-state index in [2.05, 4.69) is 26.6 Å². The second kappa shape index (κ2) is 12.1. The zero-order valence-electron chi connectivity index (χ0n) is 28.3. The fraction of sp³-hybridized carbons (Fsp3) is 0.471. The molecule has 1 aromatic carbocycles. The molecule has 0 bridgehead atoms. The van der Waals surface area contributed by atoms with Crippen LogP contribution in [0.15, 0.2) is 29.2 Å². The maximum absolute atomic E-state index is 14.8. The smallest absolute Gasteiger partial charge is 0.424 e. The number of halogens is 4. The maximum atomic E-state index is 14.8. The van der Waals surface area contributed by atoms with Crippen molar-refractivity contribution in [2.45, 2.75) is 82.8 Å². The van der Waals surface area contributed by atoms with Gasteiger partial charge >= 0.3 is 12.3 Å². The molecule has 5 heterocycles. The molecule has 1 saturated heterocycles. The Bertz CT molecular complexity index is 2110. The first-order valence-corrected chi connectivity index (χ1v) is 16.4. The first-order chi connectivity index (χ1) is 24.1. The van der Waals surface area contributed by atoms with Crippen LogP contribution in [0.4, 0.5) is 33.7 Å². The number of alkyl halides is 3. The van der Waals surface area contributed by atoms with Crippen molar-refractivity contribution in [1.82, 2.24) is 29.4 Å². The van der Waals surface area contributed by atoms with E-state index in [9.17, 15) is 31.9 Å². The first-order valence-electron chi connectivity index (χ1n) is 16.4. The lowest BCUT2D eigenvalue weighted by molar-refractivity contribution is -0.137. The molecule has 1 N–H and O–H groups in total. The standard InChI is InChI=1S/C34H34F4N8O5/c1-17-14-24(31(48)40-21-7-6-18(15-20(21)35)34(36,37)38)45-27(17)28(43-12-13-44(23-9-8-22(23)43)32(49)51-33(2,3)4)29(47)26-30(45)42-46(41-26)19-10-11-39-25(16-19)50-5/h10-11,15-17,22-24H,8-9,12-14H2,1-5H3,(H,40,48)/t17-,22-,23-,24+/m0/s1. The largest absolute Gasteiger partial charge is 0.481 e. The normalized spacial score (nSPS) is 21.4. The van der Waals surface area contributed by atoms with E-state index in [1.54, 1.807) is 42.4 Å². The average Bonchev–Trinajstić information content (AvgIpc) is 3.63. The molecule has 3 aliphatic rings. The van der Waals surface area contributed by atoms with E-state index in [1.807, 2.05) is 17.9 Å². The summed E-state index contributed by atoms with van der Waals surface area (Å²) in [5, 5.41) is 11.6. The number of hydrogen-bond donors (Lipinski definition) is 1. The molecule has 51 heavy (non-hydrogen) atoms. The minimum absolute atomic E-state index is 0.0394. The fourth-order valence-electron chi connectivity index (χ4n) is 7.09. The number of carbonyl (C=O) groups is 2. The molecule has 1 aliphatic carbocycles. The van der Waals surface area contributed by atoms with Gasteiger partial charge in [0.25, 0.3) is 0 Å². The van der Waals surface area contributed by atoms with E-state index in [1.165, 1.54) is 18.1 Å². The van der Waals surface area contributed by atoms with Gasteiger partial charge in [-0.1, -0.05) is 13.0 Å². The highest BCUT2D eigenvalue weighted by Gasteiger charge is 2.49. The first kappa shape index (κ1) is 34.1. The zero-order chi connectivity index (χ0) is 36.6. The minimum Gasteiger partial charge on any atom is -0.481 e. The van der Waals surface area contributed by atoms with Crippen molar-refractivity contribution >= 4 is 34.5 Å². The number of carbonyl (C=O) groups excluding carboxylic acids is 2. The summed E-state index contributed by atoms with van der Waals surface area (Å²) < 4.78 is 66.8. The summed E-state index contributed by atoms with van der Waals surface area (Å²) in [4.78, 5) is 50.6. The minimum atomic E-state index is -4.85. The topological polar surface area (TPSA) is 137 Å². The van der Waals surface area contributed by atoms with Crippen LogP contribution in [0.1, 0.15) is 70.2 Å². The number of nitrogens with one attached hydrogen (secondary N) is 1. The number of aromatic nitrogens is 5. The Hall–Kier alpha value is -5.40. The number of fused-ring (bicyclic) bond motifs is 4. The number of rotatable bonds is 5. The third-order valence-electron chi connectivity index (χ3n) is 9.46. The van der Waals surface area contributed by atoms with E-state index in [0.29, 0.717) is 36.5 Å². The highest BCUT2D eigenvalue weighted by atomic mass is 19.4. The fourth-order valence-corrected chi connectivity index (χ4v) is 7.09. The molecule has 268 valence electrons. The molecular weight excluding hydrogens is 676 g/mol. The van der Waals surface area contributed by atoms with Crippen molar-refractivity contribution in [3.05, 3.63) is 63.8 Å². The lowest BCUT2D eigenvalue weighted by Crippen LogP contribution is -2.67. The number of methoxy groups -OCH3 is 1. The summed E-state index contributed by atoms with van der Waals surface area (Å²) in [5.41, 5.74) is -1.78. The van der Waals surface area contributed by atoms with Gasteiger partial charge in [0.1, 0.15) is 28.6 Å². The molecule has 0 spiro atoms. The van der Waals surface area contributed by atoms with Crippen LogP contribution in [0, 0.1) is 17.9 Å². The Kier molecular flexibility index (Phi) is 8.10. The van der Waals surface area contributed by atoms with Gasteiger partial charge in [0, 0.05) is 37.3 Å². The van der Waals surface area contributed by atoms with Gasteiger partial charge in [0.15, 0.2) is 17.0 Å². The zero-order valence-corrected chi connectivity index (χ0v) is 28.3. The second-order valence-electron chi connectivity index (χ2n) is 13.9. The van der Waals surface area contributed by atoms with Gasteiger partial charge < -0.3 is 29.2 Å². The van der Waals surface area contributed by atoms with E-state index in [4.69, 9.17) is 9.47 Å². The summed E-state index contributed by atoms with van der Waals surface area (Å²) in [7, 11) is 1.44. The van der Waals surface area contributed by atoms with Crippen molar-refractivity contribution in [3.8, 4) is 11.6 Å². The number of anilines is 2. The predicted octanol–water partition coefficient (Wildman–Crippen LogP) is 5.02. The lowest BCUT2D eigenvalue weighted by atomic mass is 9.81. The van der Waals surface area contributed by atoms with Crippen molar-refractivity contribution in [3.63, 3.8) is 0 Å². The SMILES string of the molecule is COc1cc(-n2nc3c(=O)c(N4CCN(C(=O)OC(C)(C)C)[C@H]5CC[C@@H]54)c4n(c3n2)[C@@H](C(=O)Nc2c#cc(C(F)(F)F)cc2F)C[C@@H]4C)ccn1. The Morgan fingerprint density at radius 1 is 1.06 bits per heavy atom. The van der Waals surface area contributed by atoms with Crippen LogP contribution < -0.4 is 20.4 Å². The van der Waals surface area contributed by atoms with Crippen molar-refractivity contribution in [1.29, 1.82) is 0 Å². The van der Waals surface area contributed by atoms with Gasteiger partial charge in [-0.15, -0.1) is 15.0 Å². The maximum Gasteiger partial charge on any atom is 0.424 e. The predicted molar refractivity (Wildman–Crippen MR) is 174 cm³/mol. The number of amides is 2. The van der Waals surface area contributed by atoms with Gasteiger partial charge in [0.2, 0.25) is 17.2 Å². The molecule has 3 aromatic heterocycles. The third kappa shape index (κ3) is 5.95. The molecule has 4 atom stereocenters. The number of piperazine rings is 1. The molecule has 1 saturated carbocycles. The van der Waals surface area contributed by atoms with E-state index in [0.717, 1.165) is 0 Å². The van der Waals surface area contributed by atoms with Gasteiger partial charge in [-0.2, -0.15) is 13.2 Å². The molecule has 2 aliphatic heterocycles. The summed E-state index contributed by atoms with van der Waals surface area (Å²) >= 11 is 0. The van der Waals surface area contributed by atoms with Crippen LogP contribution in [-0.2, 0) is 15.7 Å². The Morgan fingerprint density at radius 3 is 2.45 bits per heavy atom. The Labute approximate surface area is 289 Å². The van der Waals surface area contributed by atoms with Crippen LogP contribution in [0.5, 0.6) is 5.88 Å². The number of pyridine rings is 2. The Balaban J connectivity index is 1.33. The molecule has 0 radical (unpaired) electrons. The monoisotopic (exact) mass is 710 g/mol. The highest BCUT2D eigenvalue weighted by molar-refractivity contribution is 5.95. The number of ether oxygens (including phenoxy) is 2. The van der Waals surface area contributed by atoms with Crippen LogP contribution >= 0.6 is 0 Å². The van der Waals surface area contributed by atoms with E-state index in [-0.39, 0.29) is 48.2 Å². The van der Waals surface area contributed by atoms with Crippen LogP contribution in [0.2, 0.25) is 0 Å². The van der Waals surface area contributed by atoms with Crippen molar-refractivity contribution in [2.75, 3.05) is 30.4 Å². The summed E-state index contributed by atoms with van der Waals surface area (Å²) in [6, 6.07) is 5.87. The molecule has 17 heteroatoms. The molecule has 4 aromatic rings. The molecule has 0 unspecified atom stereocenters.